The fourth-order valence-corrected chi connectivity index (χ4v) is 1.13. The highest BCUT2D eigenvalue weighted by atomic mass is 19.1. The number of halogens is 1. The zero-order valence-corrected chi connectivity index (χ0v) is 7.01. The van der Waals surface area contributed by atoms with Crippen molar-refractivity contribution in [2.75, 3.05) is 6.61 Å². The van der Waals surface area contributed by atoms with Gasteiger partial charge in [-0.25, -0.2) is 10.3 Å². The lowest BCUT2D eigenvalue weighted by Crippen LogP contribution is -2.03. The molecule has 1 aromatic carbocycles. The minimum atomic E-state index is -0.206. The van der Waals surface area contributed by atoms with E-state index in [-0.39, 0.29) is 5.82 Å². The SMILES string of the molecule is Cc1cc(F)cc(CCON)c1. The summed E-state index contributed by atoms with van der Waals surface area (Å²) < 4.78 is 12.8. The lowest BCUT2D eigenvalue weighted by atomic mass is 10.1. The number of aryl methyl sites for hydroxylation is 1. The normalized spacial score (nSPS) is 10.2. The Morgan fingerprint density at radius 2 is 2.17 bits per heavy atom. The van der Waals surface area contributed by atoms with Gasteiger partial charge in [0.05, 0.1) is 6.61 Å². The maximum absolute atomic E-state index is 12.8. The molecule has 0 heterocycles. The van der Waals surface area contributed by atoms with Crippen LogP contribution in [0.1, 0.15) is 11.1 Å². The van der Waals surface area contributed by atoms with Crippen molar-refractivity contribution in [2.24, 2.45) is 5.90 Å². The first-order valence-electron chi connectivity index (χ1n) is 3.80. The quantitative estimate of drug-likeness (QED) is 0.697. The van der Waals surface area contributed by atoms with E-state index in [1.54, 1.807) is 0 Å². The topological polar surface area (TPSA) is 35.2 Å². The van der Waals surface area contributed by atoms with Gasteiger partial charge >= 0.3 is 0 Å². The van der Waals surface area contributed by atoms with Crippen LogP contribution in [0, 0.1) is 12.7 Å². The van der Waals surface area contributed by atoms with E-state index < -0.39 is 0 Å². The van der Waals surface area contributed by atoms with Crippen LogP contribution in [0.3, 0.4) is 0 Å². The van der Waals surface area contributed by atoms with Crippen molar-refractivity contribution in [1.82, 2.24) is 0 Å². The standard InChI is InChI=1S/C9H12FNO/c1-7-4-8(2-3-12-11)6-9(10)5-7/h4-6H,2-3,11H2,1H3. The summed E-state index contributed by atoms with van der Waals surface area (Å²) in [5, 5.41) is 0. The van der Waals surface area contributed by atoms with Gasteiger partial charge in [-0.1, -0.05) is 6.07 Å². The molecule has 0 spiro atoms. The Morgan fingerprint density at radius 1 is 1.42 bits per heavy atom. The molecular weight excluding hydrogens is 157 g/mol. The zero-order valence-electron chi connectivity index (χ0n) is 7.01. The molecule has 2 nitrogen and oxygen atoms in total. The van der Waals surface area contributed by atoms with E-state index in [1.807, 2.05) is 13.0 Å². The van der Waals surface area contributed by atoms with E-state index in [9.17, 15) is 4.39 Å². The van der Waals surface area contributed by atoms with Gasteiger partial charge in [-0.2, -0.15) is 0 Å². The number of hydrogen-bond acceptors (Lipinski definition) is 2. The fraction of sp³-hybridized carbons (Fsp3) is 0.333. The molecule has 0 bridgehead atoms. The number of benzene rings is 1. The molecule has 12 heavy (non-hydrogen) atoms. The van der Waals surface area contributed by atoms with Gasteiger partial charge in [0.2, 0.25) is 0 Å². The first-order chi connectivity index (χ1) is 5.72. The van der Waals surface area contributed by atoms with Gasteiger partial charge in [0.1, 0.15) is 5.82 Å². The molecule has 0 radical (unpaired) electrons. The molecule has 0 aromatic heterocycles. The molecule has 3 heteroatoms. The van der Waals surface area contributed by atoms with Crippen molar-refractivity contribution in [3.05, 3.63) is 35.1 Å². The summed E-state index contributed by atoms with van der Waals surface area (Å²) in [4.78, 5) is 4.40. The summed E-state index contributed by atoms with van der Waals surface area (Å²) in [6, 6.07) is 4.90. The number of rotatable bonds is 3. The van der Waals surface area contributed by atoms with Gasteiger partial charge in [0.15, 0.2) is 0 Å². The average molecular weight is 169 g/mol. The molecule has 0 unspecified atom stereocenters. The first kappa shape index (κ1) is 9.16. The monoisotopic (exact) mass is 169 g/mol. The summed E-state index contributed by atoms with van der Waals surface area (Å²) >= 11 is 0. The van der Waals surface area contributed by atoms with Crippen LogP contribution in [0.15, 0.2) is 18.2 Å². The molecule has 0 aliphatic carbocycles. The molecule has 0 aliphatic heterocycles. The number of nitrogens with two attached hydrogens (primary N) is 1. The van der Waals surface area contributed by atoms with Gasteiger partial charge in [0.25, 0.3) is 0 Å². The predicted octanol–water partition coefficient (Wildman–Crippen LogP) is 1.57. The second-order valence-corrected chi connectivity index (χ2v) is 2.76. The van der Waals surface area contributed by atoms with Crippen LogP contribution in [0.4, 0.5) is 4.39 Å². The van der Waals surface area contributed by atoms with Crippen LogP contribution in [0.2, 0.25) is 0 Å². The predicted molar refractivity (Wildman–Crippen MR) is 45.0 cm³/mol. The lowest BCUT2D eigenvalue weighted by molar-refractivity contribution is 0.141. The van der Waals surface area contributed by atoms with Gasteiger partial charge < -0.3 is 4.84 Å². The maximum Gasteiger partial charge on any atom is 0.123 e. The molecule has 0 saturated carbocycles. The third kappa shape index (κ3) is 2.60. The minimum absolute atomic E-state index is 0.206. The molecule has 0 fully saturated rings. The van der Waals surface area contributed by atoms with Crippen molar-refractivity contribution in [3.8, 4) is 0 Å². The largest absolute Gasteiger partial charge is 0.304 e. The molecule has 1 aromatic rings. The van der Waals surface area contributed by atoms with Crippen LogP contribution in [0.25, 0.3) is 0 Å². The summed E-state index contributed by atoms with van der Waals surface area (Å²) in [7, 11) is 0. The Morgan fingerprint density at radius 3 is 2.75 bits per heavy atom. The van der Waals surface area contributed by atoms with E-state index >= 15 is 0 Å². The van der Waals surface area contributed by atoms with E-state index in [0.29, 0.717) is 13.0 Å². The highest BCUT2D eigenvalue weighted by Gasteiger charge is 1.97. The molecule has 0 atom stereocenters. The molecule has 0 amide bonds. The Balaban J connectivity index is 2.72. The Labute approximate surface area is 71.1 Å². The van der Waals surface area contributed by atoms with Crippen LogP contribution >= 0.6 is 0 Å². The summed E-state index contributed by atoms with van der Waals surface area (Å²) in [5.74, 6) is 4.65. The molecule has 0 saturated heterocycles. The van der Waals surface area contributed by atoms with E-state index in [2.05, 4.69) is 4.84 Å². The van der Waals surface area contributed by atoms with Gasteiger partial charge in [-0.15, -0.1) is 0 Å². The van der Waals surface area contributed by atoms with Gasteiger partial charge in [-0.05, 0) is 36.6 Å². The van der Waals surface area contributed by atoms with E-state index in [4.69, 9.17) is 5.90 Å². The van der Waals surface area contributed by atoms with E-state index in [0.717, 1.165) is 11.1 Å². The third-order valence-electron chi connectivity index (χ3n) is 1.61. The Bertz CT molecular complexity index is 242. The number of hydrogen-bond donors (Lipinski definition) is 1. The highest BCUT2D eigenvalue weighted by Crippen LogP contribution is 2.08. The summed E-state index contributed by atoms with van der Waals surface area (Å²) in [6.45, 7) is 2.28. The van der Waals surface area contributed by atoms with Crippen molar-refractivity contribution in [3.63, 3.8) is 0 Å². The zero-order chi connectivity index (χ0) is 8.97. The van der Waals surface area contributed by atoms with Crippen LogP contribution in [-0.4, -0.2) is 6.61 Å². The third-order valence-corrected chi connectivity index (χ3v) is 1.61. The molecular formula is C9H12FNO. The van der Waals surface area contributed by atoms with Crippen molar-refractivity contribution < 1.29 is 9.23 Å². The van der Waals surface area contributed by atoms with Crippen molar-refractivity contribution >= 4 is 0 Å². The molecule has 1 rings (SSSR count). The summed E-state index contributed by atoms with van der Waals surface area (Å²) in [5.41, 5.74) is 1.83. The second-order valence-electron chi connectivity index (χ2n) is 2.76. The van der Waals surface area contributed by atoms with Crippen LogP contribution in [0.5, 0.6) is 0 Å². The van der Waals surface area contributed by atoms with Gasteiger partial charge in [0, 0.05) is 0 Å². The Hall–Kier alpha value is -0.930. The summed E-state index contributed by atoms with van der Waals surface area (Å²) in [6.07, 6.45) is 0.648. The smallest absolute Gasteiger partial charge is 0.123 e. The lowest BCUT2D eigenvalue weighted by Gasteiger charge is -2.01. The molecule has 2 N–H and O–H groups in total. The fourth-order valence-electron chi connectivity index (χ4n) is 1.13. The average Bonchev–Trinajstić information content (AvgIpc) is 1.99. The van der Waals surface area contributed by atoms with E-state index in [1.165, 1.54) is 12.1 Å². The van der Waals surface area contributed by atoms with Crippen LogP contribution < -0.4 is 5.90 Å². The second kappa shape index (κ2) is 4.18. The van der Waals surface area contributed by atoms with Crippen LogP contribution in [-0.2, 0) is 11.3 Å². The van der Waals surface area contributed by atoms with Crippen molar-refractivity contribution in [1.29, 1.82) is 0 Å². The van der Waals surface area contributed by atoms with Gasteiger partial charge in [-0.3, -0.25) is 0 Å². The minimum Gasteiger partial charge on any atom is -0.304 e. The highest BCUT2D eigenvalue weighted by molar-refractivity contribution is 5.23. The maximum atomic E-state index is 12.8. The first-order valence-corrected chi connectivity index (χ1v) is 3.80. The molecule has 0 aliphatic rings. The van der Waals surface area contributed by atoms with Crippen molar-refractivity contribution in [2.45, 2.75) is 13.3 Å². The molecule has 66 valence electrons. The Kier molecular flexibility index (Phi) is 3.19.